The van der Waals surface area contributed by atoms with Crippen LogP contribution in [0.1, 0.15) is 38.3 Å². The first-order valence-corrected chi connectivity index (χ1v) is 6.82. The fourth-order valence-electron chi connectivity index (χ4n) is 2.18. The molecule has 0 bridgehead atoms. The molecule has 1 aliphatic rings. The van der Waals surface area contributed by atoms with Gasteiger partial charge in [-0.15, -0.1) is 0 Å². The van der Waals surface area contributed by atoms with E-state index in [0.717, 1.165) is 29.9 Å². The van der Waals surface area contributed by atoms with Crippen molar-refractivity contribution >= 4 is 5.91 Å². The van der Waals surface area contributed by atoms with Gasteiger partial charge in [-0.1, -0.05) is 0 Å². The van der Waals surface area contributed by atoms with Crippen molar-refractivity contribution in [3.8, 4) is 11.5 Å². The summed E-state index contributed by atoms with van der Waals surface area (Å²) in [7, 11) is 1.62. The smallest absolute Gasteiger partial charge is 0.239 e. The summed E-state index contributed by atoms with van der Waals surface area (Å²) < 4.78 is 11.0. The Morgan fingerprint density at radius 3 is 2.90 bits per heavy atom. The van der Waals surface area contributed by atoms with E-state index in [1.165, 1.54) is 0 Å². The molecular formula is C15H22N2O3. The maximum atomic E-state index is 12.1. The van der Waals surface area contributed by atoms with E-state index in [0.29, 0.717) is 6.61 Å². The Kier molecular flexibility index (Phi) is 4.18. The maximum absolute atomic E-state index is 12.1. The summed E-state index contributed by atoms with van der Waals surface area (Å²) in [5, 5.41) is 3.01. The first kappa shape index (κ1) is 14.7. The number of nitrogens with two attached hydrogens (primary N) is 1. The zero-order chi connectivity index (χ0) is 14.8. The van der Waals surface area contributed by atoms with Crippen molar-refractivity contribution in [2.24, 2.45) is 5.73 Å². The van der Waals surface area contributed by atoms with Crippen LogP contribution in [0.15, 0.2) is 18.2 Å². The molecule has 1 atom stereocenters. The monoisotopic (exact) mass is 278 g/mol. The lowest BCUT2D eigenvalue weighted by Crippen LogP contribution is -2.50. The average molecular weight is 278 g/mol. The normalized spacial score (nSPS) is 18.5. The van der Waals surface area contributed by atoms with Crippen molar-refractivity contribution in [3.63, 3.8) is 0 Å². The fourth-order valence-corrected chi connectivity index (χ4v) is 2.18. The van der Waals surface area contributed by atoms with Crippen molar-refractivity contribution < 1.29 is 14.3 Å². The van der Waals surface area contributed by atoms with Gasteiger partial charge >= 0.3 is 0 Å². The maximum Gasteiger partial charge on any atom is 0.239 e. The van der Waals surface area contributed by atoms with Gasteiger partial charge < -0.3 is 20.5 Å². The lowest BCUT2D eigenvalue weighted by atomic mass is 9.99. The van der Waals surface area contributed by atoms with Crippen LogP contribution in [0, 0.1) is 0 Å². The lowest BCUT2D eigenvalue weighted by Gasteiger charge is -2.24. The van der Waals surface area contributed by atoms with E-state index in [1.807, 2.05) is 18.2 Å². The number of hydrogen-bond donors (Lipinski definition) is 2. The van der Waals surface area contributed by atoms with Crippen LogP contribution in [0.5, 0.6) is 11.5 Å². The first-order chi connectivity index (χ1) is 9.41. The number of amides is 1. The van der Waals surface area contributed by atoms with Gasteiger partial charge in [0.15, 0.2) is 0 Å². The van der Waals surface area contributed by atoms with Crippen LogP contribution in [-0.2, 0) is 4.79 Å². The van der Waals surface area contributed by atoms with E-state index >= 15 is 0 Å². The molecule has 1 aromatic rings. The van der Waals surface area contributed by atoms with Gasteiger partial charge in [-0.25, -0.2) is 0 Å². The van der Waals surface area contributed by atoms with E-state index in [1.54, 1.807) is 21.0 Å². The lowest BCUT2D eigenvalue weighted by molar-refractivity contribution is -0.126. The minimum Gasteiger partial charge on any atom is -0.497 e. The highest BCUT2D eigenvalue weighted by Gasteiger charge is 2.28. The molecule has 1 unspecified atom stereocenters. The Hall–Kier alpha value is -1.75. The minimum atomic E-state index is -0.897. The van der Waals surface area contributed by atoms with Crippen LogP contribution in [0.25, 0.3) is 0 Å². The van der Waals surface area contributed by atoms with Crippen molar-refractivity contribution in [2.45, 2.75) is 38.3 Å². The van der Waals surface area contributed by atoms with Gasteiger partial charge in [0.05, 0.1) is 25.3 Å². The van der Waals surface area contributed by atoms with Gasteiger partial charge in [0, 0.05) is 5.56 Å². The third-order valence-electron chi connectivity index (χ3n) is 3.38. The van der Waals surface area contributed by atoms with E-state index in [2.05, 4.69) is 5.32 Å². The van der Waals surface area contributed by atoms with Crippen LogP contribution < -0.4 is 20.5 Å². The van der Waals surface area contributed by atoms with E-state index in [-0.39, 0.29) is 11.9 Å². The molecule has 3 N–H and O–H groups in total. The quantitative estimate of drug-likeness (QED) is 0.883. The van der Waals surface area contributed by atoms with E-state index < -0.39 is 5.54 Å². The number of methoxy groups -OCH3 is 1. The molecule has 1 aliphatic heterocycles. The number of rotatable bonds is 3. The van der Waals surface area contributed by atoms with Crippen molar-refractivity contribution in [2.75, 3.05) is 13.7 Å². The van der Waals surface area contributed by atoms with Gasteiger partial charge in [-0.3, -0.25) is 4.79 Å². The van der Waals surface area contributed by atoms with E-state index in [4.69, 9.17) is 15.2 Å². The number of hydrogen-bond acceptors (Lipinski definition) is 4. The van der Waals surface area contributed by atoms with Crippen LogP contribution in [-0.4, -0.2) is 25.2 Å². The molecule has 1 heterocycles. The first-order valence-electron chi connectivity index (χ1n) is 6.82. The highest BCUT2D eigenvalue weighted by atomic mass is 16.5. The Balaban J connectivity index is 2.28. The van der Waals surface area contributed by atoms with E-state index in [9.17, 15) is 4.79 Å². The molecule has 0 saturated heterocycles. The Bertz CT molecular complexity index is 494. The van der Waals surface area contributed by atoms with Gasteiger partial charge in [0.1, 0.15) is 11.5 Å². The summed E-state index contributed by atoms with van der Waals surface area (Å²) in [6.45, 7) is 4.04. The molecule has 0 aromatic heterocycles. The molecule has 0 radical (unpaired) electrons. The number of carbonyl (C=O) groups excluding carboxylic acids is 1. The average Bonchev–Trinajstić information content (AvgIpc) is 2.59. The van der Waals surface area contributed by atoms with Crippen LogP contribution >= 0.6 is 0 Å². The molecule has 0 aliphatic carbocycles. The third kappa shape index (κ3) is 3.22. The molecule has 5 nitrogen and oxygen atoms in total. The highest BCUT2D eigenvalue weighted by molar-refractivity contribution is 5.85. The van der Waals surface area contributed by atoms with Gasteiger partial charge in [0.2, 0.25) is 5.91 Å². The molecule has 110 valence electrons. The van der Waals surface area contributed by atoms with Gasteiger partial charge in [-0.05, 0) is 44.9 Å². The van der Waals surface area contributed by atoms with Gasteiger partial charge in [-0.2, -0.15) is 0 Å². The van der Waals surface area contributed by atoms with Gasteiger partial charge in [0.25, 0.3) is 0 Å². The molecule has 1 aromatic carbocycles. The Labute approximate surface area is 119 Å². The molecule has 20 heavy (non-hydrogen) atoms. The number of benzene rings is 1. The fraction of sp³-hybridized carbons (Fsp3) is 0.533. The summed E-state index contributed by atoms with van der Waals surface area (Å²) >= 11 is 0. The second kappa shape index (κ2) is 5.71. The largest absolute Gasteiger partial charge is 0.497 e. The van der Waals surface area contributed by atoms with Crippen LogP contribution in [0.4, 0.5) is 0 Å². The zero-order valence-corrected chi connectivity index (χ0v) is 12.2. The third-order valence-corrected chi connectivity index (χ3v) is 3.38. The molecular weight excluding hydrogens is 256 g/mol. The number of ether oxygens (including phenoxy) is 2. The molecule has 2 rings (SSSR count). The number of fused-ring (bicyclic) bond motifs is 1. The molecule has 0 spiro atoms. The molecule has 0 saturated carbocycles. The molecule has 1 amide bonds. The standard InChI is InChI=1S/C15H22N2O3/c1-15(2,16)14(18)17-12-5-4-8-20-13-7-6-10(19-3)9-11(12)13/h6-7,9,12H,4-5,8,16H2,1-3H3,(H,17,18). The number of nitrogens with one attached hydrogen (secondary N) is 1. The Morgan fingerprint density at radius 1 is 1.50 bits per heavy atom. The summed E-state index contributed by atoms with van der Waals surface area (Å²) in [5.74, 6) is 1.38. The predicted molar refractivity (Wildman–Crippen MR) is 76.9 cm³/mol. The topological polar surface area (TPSA) is 73.6 Å². The summed E-state index contributed by atoms with van der Waals surface area (Å²) in [6.07, 6.45) is 1.70. The SMILES string of the molecule is COc1ccc2c(c1)C(NC(=O)C(C)(C)N)CCCO2. The predicted octanol–water partition coefficient (Wildman–Crippen LogP) is 1.76. The highest BCUT2D eigenvalue weighted by Crippen LogP contribution is 2.34. The zero-order valence-electron chi connectivity index (χ0n) is 12.2. The summed E-state index contributed by atoms with van der Waals surface area (Å²) in [6, 6.07) is 5.55. The van der Waals surface area contributed by atoms with Crippen molar-refractivity contribution in [1.82, 2.24) is 5.32 Å². The molecule has 5 heteroatoms. The minimum absolute atomic E-state index is 0.0991. The second-order valence-corrected chi connectivity index (χ2v) is 5.64. The second-order valence-electron chi connectivity index (χ2n) is 5.64. The van der Waals surface area contributed by atoms with Crippen LogP contribution in [0.2, 0.25) is 0 Å². The van der Waals surface area contributed by atoms with Crippen molar-refractivity contribution in [1.29, 1.82) is 0 Å². The van der Waals surface area contributed by atoms with Crippen molar-refractivity contribution in [3.05, 3.63) is 23.8 Å². The summed E-state index contributed by atoms with van der Waals surface area (Å²) in [5.41, 5.74) is 5.89. The Morgan fingerprint density at radius 2 is 2.25 bits per heavy atom. The number of carbonyl (C=O) groups is 1. The van der Waals surface area contributed by atoms with Crippen LogP contribution in [0.3, 0.4) is 0 Å². The summed E-state index contributed by atoms with van der Waals surface area (Å²) in [4.78, 5) is 12.1. The molecule has 0 fully saturated rings.